The number of carbonyl (C=O) groups excluding carboxylic acids is 1. The van der Waals surface area contributed by atoms with Crippen LogP contribution in [-0.4, -0.2) is 45.8 Å². The number of fused-ring (bicyclic) bond motifs is 1. The molecule has 3 aromatic rings. The minimum Gasteiger partial charge on any atom is -0.383 e. The van der Waals surface area contributed by atoms with E-state index in [0.717, 1.165) is 30.1 Å². The standard InChI is InChI=1S/C23H26N4O2/c1-29-15-14-26-17-22-25-24-21(13-12-18-8-4-2-5-9-18)27(22)20(23(26)28)16-19-10-6-3-7-11-19/h2-11,20H,12-17H2,1H3/t20-/m1/s1. The average Bonchev–Trinajstić information content (AvgIpc) is 3.17. The number of aryl methyl sites for hydroxylation is 2. The molecule has 1 amide bonds. The van der Waals surface area contributed by atoms with Crippen LogP contribution in [0.4, 0.5) is 0 Å². The highest BCUT2D eigenvalue weighted by Gasteiger charge is 2.35. The number of hydrogen-bond donors (Lipinski definition) is 0. The molecule has 1 aromatic heterocycles. The van der Waals surface area contributed by atoms with Crippen molar-refractivity contribution in [2.75, 3.05) is 20.3 Å². The maximum Gasteiger partial charge on any atom is 0.246 e. The van der Waals surface area contributed by atoms with Crippen molar-refractivity contribution >= 4 is 5.91 Å². The summed E-state index contributed by atoms with van der Waals surface area (Å²) in [5, 5.41) is 8.89. The van der Waals surface area contributed by atoms with Gasteiger partial charge in [0.1, 0.15) is 11.9 Å². The van der Waals surface area contributed by atoms with Crippen LogP contribution in [0.25, 0.3) is 0 Å². The second kappa shape index (κ2) is 9.01. The van der Waals surface area contributed by atoms with Gasteiger partial charge in [-0.15, -0.1) is 10.2 Å². The highest BCUT2D eigenvalue weighted by Crippen LogP contribution is 2.27. The molecule has 0 fully saturated rings. The fourth-order valence-electron chi connectivity index (χ4n) is 3.88. The van der Waals surface area contributed by atoms with E-state index in [4.69, 9.17) is 4.74 Å². The summed E-state index contributed by atoms with van der Waals surface area (Å²) in [5.74, 6) is 1.84. The molecule has 29 heavy (non-hydrogen) atoms. The lowest BCUT2D eigenvalue weighted by atomic mass is 10.0. The molecule has 0 unspecified atom stereocenters. The van der Waals surface area contributed by atoms with Gasteiger partial charge in [0.15, 0.2) is 5.82 Å². The van der Waals surface area contributed by atoms with Crippen LogP contribution >= 0.6 is 0 Å². The third-order valence-corrected chi connectivity index (χ3v) is 5.40. The number of nitrogens with zero attached hydrogens (tertiary/aromatic N) is 4. The van der Waals surface area contributed by atoms with Gasteiger partial charge in [0.25, 0.3) is 0 Å². The third-order valence-electron chi connectivity index (χ3n) is 5.40. The number of benzene rings is 2. The summed E-state index contributed by atoms with van der Waals surface area (Å²) < 4.78 is 7.26. The molecule has 0 saturated heterocycles. The molecule has 0 bridgehead atoms. The van der Waals surface area contributed by atoms with Crippen LogP contribution in [-0.2, 0) is 35.3 Å². The second-order valence-electron chi connectivity index (χ2n) is 7.35. The van der Waals surface area contributed by atoms with Gasteiger partial charge in [0.05, 0.1) is 13.2 Å². The van der Waals surface area contributed by atoms with Crippen LogP contribution in [0.5, 0.6) is 0 Å². The zero-order valence-electron chi connectivity index (χ0n) is 16.7. The van der Waals surface area contributed by atoms with Crippen molar-refractivity contribution in [2.45, 2.75) is 31.8 Å². The molecular weight excluding hydrogens is 364 g/mol. The molecule has 150 valence electrons. The number of methoxy groups -OCH3 is 1. The van der Waals surface area contributed by atoms with Crippen LogP contribution in [0, 0.1) is 0 Å². The van der Waals surface area contributed by atoms with Crippen molar-refractivity contribution in [3.05, 3.63) is 83.4 Å². The van der Waals surface area contributed by atoms with Gasteiger partial charge in [-0.2, -0.15) is 0 Å². The van der Waals surface area contributed by atoms with Crippen molar-refractivity contribution in [2.24, 2.45) is 0 Å². The number of hydrogen-bond acceptors (Lipinski definition) is 4. The van der Waals surface area contributed by atoms with Crippen LogP contribution in [0.1, 0.15) is 28.8 Å². The SMILES string of the molecule is COCCN1Cc2nnc(CCc3ccccc3)n2[C@H](Cc2ccccc2)C1=O. The molecule has 1 aliphatic rings. The van der Waals surface area contributed by atoms with Crippen molar-refractivity contribution in [3.63, 3.8) is 0 Å². The smallest absolute Gasteiger partial charge is 0.246 e. The molecule has 4 rings (SSSR count). The van der Waals surface area contributed by atoms with Gasteiger partial charge < -0.3 is 14.2 Å². The third kappa shape index (κ3) is 4.38. The molecule has 6 nitrogen and oxygen atoms in total. The van der Waals surface area contributed by atoms with E-state index in [2.05, 4.69) is 39.0 Å². The molecule has 2 heterocycles. The molecule has 2 aromatic carbocycles. The average molecular weight is 390 g/mol. The van der Waals surface area contributed by atoms with Gasteiger partial charge >= 0.3 is 0 Å². The van der Waals surface area contributed by atoms with Crippen molar-refractivity contribution in [1.82, 2.24) is 19.7 Å². The lowest BCUT2D eigenvalue weighted by molar-refractivity contribution is -0.138. The predicted molar refractivity (Wildman–Crippen MR) is 110 cm³/mol. The van der Waals surface area contributed by atoms with Crippen molar-refractivity contribution in [3.8, 4) is 0 Å². The van der Waals surface area contributed by atoms with E-state index in [1.807, 2.05) is 41.3 Å². The first kappa shape index (κ1) is 19.3. The Morgan fingerprint density at radius 1 is 0.966 bits per heavy atom. The minimum atomic E-state index is -0.321. The van der Waals surface area contributed by atoms with Gasteiger partial charge in [-0.05, 0) is 17.5 Å². The topological polar surface area (TPSA) is 60.2 Å². The normalized spacial score (nSPS) is 16.1. The summed E-state index contributed by atoms with van der Waals surface area (Å²) in [6, 6.07) is 20.2. The number of amides is 1. The van der Waals surface area contributed by atoms with Crippen molar-refractivity contribution < 1.29 is 9.53 Å². The number of carbonyl (C=O) groups is 1. The molecule has 1 atom stereocenters. The van der Waals surface area contributed by atoms with Gasteiger partial charge in [-0.3, -0.25) is 4.79 Å². The minimum absolute atomic E-state index is 0.110. The predicted octanol–water partition coefficient (Wildman–Crippen LogP) is 2.84. The molecule has 0 spiro atoms. The first-order chi connectivity index (χ1) is 14.3. The summed E-state index contributed by atoms with van der Waals surface area (Å²) in [6.45, 7) is 1.55. The maximum atomic E-state index is 13.3. The fraction of sp³-hybridized carbons (Fsp3) is 0.348. The van der Waals surface area contributed by atoms with Gasteiger partial charge in [0.2, 0.25) is 5.91 Å². The quantitative estimate of drug-likeness (QED) is 0.593. The van der Waals surface area contributed by atoms with E-state index in [0.29, 0.717) is 26.1 Å². The molecule has 0 N–H and O–H groups in total. The molecule has 6 heteroatoms. The molecule has 0 saturated carbocycles. The zero-order valence-corrected chi connectivity index (χ0v) is 16.7. The van der Waals surface area contributed by atoms with E-state index in [1.165, 1.54) is 5.56 Å². The Morgan fingerprint density at radius 3 is 2.34 bits per heavy atom. The van der Waals surface area contributed by atoms with Crippen molar-refractivity contribution in [1.29, 1.82) is 0 Å². The Balaban J connectivity index is 1.61. The number of ether oxygens (including phenoxy) is 1. The Hall–Kier alpha value is -2.99. The van der Waals surface area contributed by atoms with E-state index in [-0.39, 0.29) is 11.9 Å². The highest BCUT2D eigenvalue weighted by molar-refractivity contribution is 5.82. The Morgan fingerprint density at radius 2 is 1.66 bits per heavy atom. The first-order valence-corrected chi connectivity index (χ1v) is 10.0. The van der Waals surface area contributed by atoms with Gasteiger partial charge in [0, 0.05) is 26.5 Å². The largest absolute Gasteiger partial charge is 0.383 e. The molecular formula is C23H26N4O2. The Bertz CT molecular complexity index is 940. The summed E-state index contributed by atoms with van der Waals surface area (Å²) in [5.41, 5.74) is 2.39. The fourth-order valence-corrected chi connectivity index (χ4v) is 3.88. The number of aromatic nitrogens is 3. The van der Waals surface area contributed by atoms with Crippen LogP contribution in [0.3, 0.4) is 0 Å². The van der Waals surface area contributed by atoms with Gasteiger partial charge in [-0.1, -0.05) is 60.7 Å². The maximum absolute atomic E-state index is 13.3. The van der Waals surface area contributed by atoms with Gasteiger partial charge in [-0.25, -0.2) is 0 Å². The van der Waals surface area contributed by atoms with Crippen LogP contribution < -0.4 is 0 Å². The van der Waals surface area contributed by atoms with Crippen LogP contribution in [0.2, 0.25) is 0 Å². The number of rotatable bonds is 8. The first-order valence-electron chi connectivity index (χ1n) is 10.0. The molecule has 1 aliphatic heterocycles. The highest BCUT2D eigenvalue weighted by atomic mass is 16.5. The monoisotopic (exact) mass is 390 g/mol. The summed E-state index contributed by atoms with van der Waals surface area (Å²) in [7, 11) is 1.65. The van der Waals surface area contributed by atoms with Crippen LogP contribution in [0.15, 0.2) is 60.7 Å². The summed E-state index contributed by atoms with van der Waals surface area (Å²) >= 11 is 0. The second-order valence-corrected chi connectivity index (χ2v) is 7.35. The Labute approximate surface area is 171 Å². The van der Waals surface area contributed by atoms with E-state index < -0.39 is 0 Å². The van der Waals surface area contributed by atoms with E-state index in [9.17, 15) is 4.79 Å². The lowest BCUT2D eigenvalue weighted by Gasteiger charge is -2.34. The lowest BCUT2D eigenvalue weighted by Crippen LogP contribution is -2.45. The molecule has 0 radical (unpaired) electrons. The Kier molecular flexibility index (Phi) is 6.00. The summed E-state index contributed by atoms with van der Waals surface area (Å²) in [6.07, 6.45) is 2.26. The molecule has 0 aliphatic carbocycles. The zero-order chi connectivity index (χ0) is 20.1. The van der Waals surface area contributed by atoms with E-state index in [1.54, 1.807) is 7.11 Å². The summed E-state index contributed by atoms with van der Waals surface area (Å²) in [4.78, 5) is 15.2. The van der Waals surface area contributed by atoms with E-state index >= 15 is 0 Å².